The van der Waals surface area contributed by atoms with E-state index in [-0.39, 0.29) is 5.96 Å². The fourth-order valence-electron chi connectivity index (χ4n) is 1.50. The van der Waals surface area contributed by atoms with Gasteiger partial charge in [-0.05, 0) is 29.3 Å². The number of amides is 1. The number of carbonyl (C=O) groups excluding carboxylic acids is 1. The molecule has 0 saturated carbocycles. The van der Waals surface area contributed by atoms with E-state index in [1.165, 1.54) is 11.3 Å². The fraction of sp³-hybridized carbons (Fsp3) is 0.0769. The summed E-state index contributed by atoms with van der Waals surface area (Å²) in [6.45, 7) is 0. The molecule has 1 heterocycles. The molecule has 124 valence electrons. The van der Waals surface area contributed by atoms with Crippen LogP contribution in [-0.4, -0.2) is 31.1 Å². The van der Waals surface area contributed by atoms with Crippen LogP contribution in [0.2, 0.25) is 4.34 Å². The highest BCUT2D eigenvalue weighted by atomic mass is 35.5. The van der Waals surface area contributed by atoms with E-state index in [4.69, 9.17) is 27.3 Å². The molecule has 10 heteroatoms. The third-order valence-electron chi connectivity index (χ3n) is 2.27. The first-order valence-corrected chi connectivity index (χ1v) is 9.09. The minimum atomic E-state index is -3.67. The first kappa shape index (κ1) is 19.1. The molecule has 2 aromatic rings. The van der Waals surface area contributed by atoms with Gasteiger partial charge in [0, 0.05) is 10.9 Å². The summed E-state index contributed by atoms with van der Waals surface area (Å²) in [4.78, 5) is 11.7. The molecule has 1 amide bonds. The maximum Gasteiger partial charge on any atom is 0.261 e. The predicted octanol–water partition coefficient (Wildman–Crippen LogP) is 2.20. The van der Waals surface area contributed by atoms with Gasteiger partial charge in [-0.3, -0.25) is 20.1 Å². The summed E-state index contributed by atoms with van der Waals surface area (Å²) < 4.78 is 26.6. The van der Waals surface area contributed by atoms with Gasteiger partial charge in [0.1, 0.15) is 0 Å². The van der Waals surface area contributed by atoms with Crippen molar-refractivity contribution in [3.05, 3.63) is 45.6 Å². The minimum absolute atomic E-state index is 0.371. The average Bonchev–Trinajstić information content (AvgIpc) is 2.83. The monoisotopic (exact) mass is 375 g/mol. The normalized spacial score (nSPS) is 10.4. The third kappa shape index (κ3) is 7.75. The van der Waals surface area contributed by atoms with Crippen molar-refractivity contribution < 1.29 is 17.8 Å². The number of carbonyl (C=O) groups is 1. The standard InChI is InChI=1S/C12H10ClN3OS.CH4O3S/c13-10-5-9(6-18-10)7-2-1-3-8(4-7)11(17)16-12(14)15;1-5(2,3)4/h1-6H,(H4,14,15,16,17);1H3,(H,2,3,4). The number of hydrogen-bond donors (Lipinski definition) is 4. The highest BCUT2D eigenvalue weighted by Crippen LogP contribution is 2.29. The van der Waals surface area contributed by atoms with Crippen molar-refractivity contribution in [2.24, 2.45) is 5.73 Å². The molecule has 0 spiro atoms. The van der Waals surface area contributed by atoms with Crippen molar-refractivity contribution in [3.63, 3.8) is 0 Å². The molecule has 1 aromatic heterocycles. The lowest BCUT2D eigenvalue weighted by Crippen LogP contribution is -2.35. The largest absolute Gasteiger partial charge is 0.370 e. The Kier molecular flexibility index (Phi) is 6.70. The molecule has 0 radical (unpaired) electrons. The van der Waals surface area contributed by atoms with Crippen molar-refractivity contribution in [2.75, 3.05) is 6.26 Å². The molecular formula is C13H14ClN3O4S2. The first-order valence-electron chi connectivity index (χ1n) is 5.98. The van der Waals surface area contributed by atoms with Crippen molar-refractivity contribution in [1.82, 2.24) is 5.32 Å². The Morgan fingerprint density at radius 1 is 1.35 bits per heavy atom. The molecule has 0 bridgehead atoms. The predicted molar refractivity (Wildman–Crippen MR) is 91.6 cm³/mol. The zero-order valence-corrected chi connectivity index (χ0v) is 14.3. The maximum atomic E-state index is 11.7. The summed E-state index contributed by atoms with van der Waals surface area (Å²) >= 11 is 7.31. The van der Waals surface area contributed by atoms with E-state index in [1.807, 2.05) is 17.5 Å². The lowest BCUT2D eigenvalue weighted by molar-refractivity contribution is 0.0976. The third-order valence-corrected chi connectivity index (χ3v) is 3.36. The second-order valence-electron chi connectivity index (χ2n) is 4.32. The summed E-state index contributed by atoms with van der Waals surface area (Å²) in [5, 5.41) is 11.2. The van der Waals surface area contributed by atoms with Crippen molar-refractivity contribution >= 4 is 44.9 Å². The van der Waals surface area contributed by atoms with E-state index in [1.54, 1.807) is 18.2 Å². The highest BCUT2D eigenvalue weighted by molar-refractivity contribution is 7.85. The van der Waals surface area contributed by atoms with Crippen LogP contribution in [0.25, 0.3) is 11.1 Å². The fourth-order valence-corrected chi connectivity index (χ4v) is 2.39. The molecular weight excluding hydrogens is 362 g/mol. The Labute approximate surface area is 142 Å². The Morgan fingerprint density at radius 2 is 1.96 bits per heavy atom. The Morgan fingerprint density at radius 3 is 2.43 bits per heavy atom. The number of guanidine groups is 1. The van der Waals surface area contributed by atoms with E-state index >= 15 is 0 Å². The maximum absolute atomic E-state index is 11.7. The zero-order valence-electron chi connectivity index (χ0n) is 11.9. The number of hydrogen-bond acceptors (Lipinski definition) is 5. The second kappa shape index (κ2) is 8.06. The van der Waals surface area contributed by atoms with Gasteiger partial charge in [0.25, 0.3) is 16.0 Å². The molecule has 1 aromatic carbocycles. The van der Waals surface area contributed by atoms with Crippen LogP contribution >= 0.6 is 22.9 Å². The molecule has 0 aliphatic rings. The van der Waals surface area contributed by atoms with Crippen LogP contribution in [0.4, 0.5) is 0 Å². The highest BCUT2D eigenvalue weighted by Gasteiger charge is 2.08. The van der Waals surface area contributed by atoms with E-state index < -0.39 is 16.0 Å². The summed E-state index contributed by atoms with van der Waals surface area (Å²) in [7, 11) is -3.67. The van der Waals surface area contributed by atoms with Crippen LogP contribution in [0.3, 0.4) is 0 Å². The average molecular weight is 376 g/mol. The van der Waals surface area contributed by atoms with Crippen molar-refractivity contribution in [2.45, 2.75) is 0 Å². The number of benzene rings is 1. The van der Waals surface area contributed by atoms with Crippen molar-refractivity contribution in [3.8, 4) is 11.1 Å². The Hall–Kier alpha value is -1.94. The molecule has 7 nitrogen and oxygen atoms in total. The topological polar surface area (TPSA) is 133 Å². The summed E-state index contributed by atoms with van der Waals surface area (Å²) in [5.74, 6) is -0.769. The van der Waals surface area contributed by atoms with Gasteiger partial charge in [0.15, 0.2) is 5.96 Å². The van der Waals surface area contributed by atoms with Crippen LogP contribution < -0.4 is 11.1 Å². The minimum Gasteiger partial charge on any atom is -0.370 e. The van der Waals surface area contributed by atoms with Gasteiger partial charge in [0.2, 0.25) is 0 Å². The van der Waals surface area contributed by atoms with Crippen LogP contribution in [0.5, 0.6) is 0 Å². The number of thiophene rings is 1. The molecule has 0 aliphatic heterocycles. The summed E-state index contributed by atoms with van der Waals surface area (Å²) in [6.07, 6.45) is 0.715. The molecule has 0 atom stereocenters. The quantitative estimate of drug-likeness (QED) is 0.362. The molecule has 0 unspecified atom stereocenters. The van der Waals surface area contributed by atoms with Gasteiger partial charge in [-0.15, -0.1) is 11.3 Å². The smallest absolute Gasteiger partial charge is 0.261 e. The van der Waals surface area contributed by atoms with Crippen LogP contribution in [0, 0.1) is 5.41 Å². The Balaban J connectivity index is 0.000000463. The second-order valence-corrected chi connectivity index (χ2v) is 7.33. The van der Waals surface area contributed by atoms with Gasteiger partial charge >= 0.3 is 0 Å². The van der Waals surface area contributed by atoms with Crippen LogP contribution in [0.1, 0.15) is 10.4 Å². The van der Waals surface area contributed by atoms with E-state index in [0.29, 0.717) is 16.2 Å². The van der Waals surface area contributed by atoms with Gasteiger partial charge in [-0.2, -0.15) is 8.42 Å². The molecule has 0 aliphatic carbocycles. The lowest BCUT2D eigenvalue weighted by atomic mass is 10.1. The van der Waals surface area contributed by atoms with Crippen molar-refractivity contribution in [1.29, 1.82) is 5.41 Å². The van der Waals surface area contributed by atoms with Gasteiger partial charge in [-0.25, -0.2) is 0 Å². The van der Waals surface area contributed by atoms with E-state index in [9.17, 15) is 13.2 Å². The number of rotatable bonds is 2. The molecule has 23 heavy (non-hydrogen) atoms. The lowest BCUT2D eigenvalue weighted by Gasteiger charge is -2.04. The SMILES string of the molecule is CS(=O)(=O)O.N=C(N)NC(=O)c1cccc(-c2csc(Cl)c2)c1. The van der Waals surface area contributed by atoms with Crippen LogP contribution in [-0.2, 0) is 10.1 Å². The molecule has 0 saturated heterocycles. The zero-order chi connectivity index (χ0) is 17.6. The molecule has 2 rings (SSSR count). The van der Waals surface area contributed by atoms with Gasteiger partial charge in [-0.1, -0.05) is 23.7 Å². The Bertz CT molecular complexity index is 810. The van der Waals surface area contributed by atoms with E-state index in [2.05, 4.69) is 5.32 Å². The number of nitrogens with one attached hydrogen (secondary N) is 2. The van der Waals surface area contributed by atoms with E-state index in [0.717, 1.165) is 11.1 Å². The first-order chi connectivity index (χ1) is 10.6. The molecule has 0 fully saturated rings. The summed E-state index contributed by atoms with van der Waals surface area (Å²) in [6, 6.07) is 8.90. The number of nitrogens with two attached hydrogens (primary N) is 1. The molecule has 5 N–H and O–H groups in total. The summed E-state index contributed by atoms with van der Waals surface area (Å²) in [5.41, 5.74) is 7.43. The van der Waals surface area contributed by atoms with Gasteiger partial charge < -0.3 is 5.73 Å². The van der Waals surface area contributed by atoms with Crippen LogP contribution in [0.15, 0.2) is 35.7 Å². The van der Waals surface area contributed by atoms with Gasteiger partial charge in [0.05, 0.1) is 10.6 Å². The number of halogens is 1.